The summed E-state index contributed by atoms with van der Waals surface area (Å²) in [7, 11) is 0. The van der Waals surface area contributed by atoms with E-state index in [1.807, 2.05) is 30.3 Å². The molecule has 116 valence electrons. The topological polar surface area (TPSA) is 54.4 Å². The summed E-state index contributed by atoms with van der Waals surface area (Å²) in [4.78, 5) is 20.6. The zero-order valence-electron chi connectivity index (χ0n) is 13.5. The van der Waals surface area contributed by atoms with E-state index in [0.717, 1.165) is 5.56 Å². The molecule has 1 aliphatic rings. The zero-order valence-corrected chi connectivity index (χ0v) is 13.5. The second kappa shape index (κ2) is 5.80. The molecule has 0 saturated heterocycles. The van der Waals surface area contributed by atoms with E-state index in [2.05, 4.69) is 48.2 Å². The van der Waals surface area contributed by atoms with E-state index < -0.39 is 0 Å². The summed E-state index contributed by atoms with van der Waals surface area (Å²) in [5.74, 6) is 0.290. The molecule has 0 saturated carbocycles. The molecule has 0 spiro atoms. The maximum atomic E-state index is 12.1. The number of rotatable bonds is 2. The minimum atomic E-state index is -0.203. The van der Waals surface area contributed by atoms with Crippen molar-refractivity contribution in [1.82, 2.24) is 10.3 Å². The Bertz CT molecular complexity index is 782. The largest absolute Gasteiger partial charge is 0.303 e. The van der Waals surface area contributed by atoms with Gasteiger partial charge in [0.1, 0.15) is 11.4 Å². The van der Waals surface area contributed by atoms with Gasteiger partial charge in [-0.2, -0.15) is 0 Å². The molecule has 0 radical (unpaired) electrons. The van der Waals surface area contributed by atoms with Crippen molar-refractivity contribution in [2.75, 3.05) is 0 Å². The smallest absolute Gasteiger partial charge is 0.275 e. The lowest BCUT2D eigenvalue weighted by Gasteiger charge is -2.18. The van der Waals surface area contributed by atoms with E-state index in [4.69, 9.17) is 0 Å². The van der Waals surface area contributed by atoms with Gasteiger partial charge < -0.3 is 5.32 Å². The van der Waals surface area contributed by atoms with Crippen molar-refractivity contribution >= 4 is 17.8 Å². The summed E-state index contributed by atoms with van der Waals surface area (Å²) in [5.41, 5.74) is 3.38. The number of pyridine rings is 1. The predicted molar refractivity (Wildman–Crippen MR) is 92.0 cm³/mol. The average Bonchev–Trinajstić information content (AvgIpc) is 2.89. The molecule has 2 heterocycles. The summed E-state index contributed by atoms with van der Waals surface area (Å²) in [6, 6.07) is 13.7. The lowest BCUT2D eigenvalue weighted by molar-refractivity contribution is -0.115. The molecular formula is C19H19N3O. The van der Waals surface area contributed by atoms with Crippen molar-refractivity contribution in [2.24, 2.45) is 4.99 Å². The van der Waals surface area contributed by atoms with E-state index in [9.17, 15) is 4.79 Å². The lowest BCUT2D eigenvalue weighted by atomic mass is 9.87. The number of hydrogen-bond acceptors (Lipinski definition) is 3. The highest BCUT2D eigenvalue weighted by Gasteiger charge is 2.21. The summed E-state index contributed by atoms with van der Waals surface area (Å²) < 4.78 is 0. The van der Waals surface area contributed by atoms with E-state index in [1.165, 1.54) is 5.56 Å². The standard InChI is InChI=1S/C19H19N3O/c1-19(2,3)14-9-7-13(8-10-14)12-16-18(23)22-17(21-16)15-6-4-5-11-20-15/h4-12H,1-3H3,(H,21,22,23)/b16-12+. The number of carbonyl (C=O) groups is 1. The average molecular weight is 305 g/mol. The van der Waals surface area contributed by atoms with Crippen LogP contribution in [0.25, 0.3) is 6.08 Å². The first kappa shape index (κ1) is 15.2. The molecule has 2 aromatic rings. The highest BCUT2D eigenvalue weighted by molar-refractivity contribution is 6.19. The number of carbonyl (C=O) groups excluding carboxylic acids is 1. The van der Waals surface area contributed by atoms with Crippen LogP contribution in [0.3, 0.4) is 0 Å². The number of amides is 1. The molecule has 1 aromatic heterocycles. The third-order valence-electron chi connectivity index (χ3n) is 3.68. The van der Waals surface area contributed by atoms with E-state index in [1.54, 1.807) is 12.3 Å². The Labute approximate surface area is 136 Å². The minimum Gasteiger partial charge on any atom is -0.303 e. The van der Waals surface area contributed by atoms with Crippen LogP contribution in [0, 0.1) is 0 Å². The SMILES string of the molecule is CC(C)(C)c1ccc(/C=C2/N=C(c3ccccn3)NC2=O)cc1. The fourth-order valence-electron chi connectivity index (χ4n) is 2.33. The first-order valence-corrected chi connectivity index (χ1v) is 7.57. The number of hydrogen-bond donors (Lipinski definition) is 1. The number of benzene rings is 1. The third-order valence-corrected chi connectivity index (χ3v) is 3.68. The van der Waals surface area contributed by atoms with Crippen LogP contribution >= 0.6 is 0 Å². The van der Waals surface area contributed by atoms with Crippen LogP contribution in [0.5, 0.6) is 0 Å². The second-order valence-electron chi connectivity index (χ2n) is 6.53. The lowest BCUT2D eigenvalue weighted by Crippen LogP contribution is -2.25. The maximum Gasteiger partial charge on any atom is 0.275 e. The van der Waals surface area contributed by atoms with Crippen molar-refractivity contribution in [1.29, 1.82) is 0 Å². The van der Waals surface area contributed by atoms with Crippen LogP contribution in [-0.2, 0) is 10.2 Å². The van der Waals surface area contributed by atoms with Gasteiger partial charge in [0.25, 0.3) is 5.91 Å². The number of aliphatic imine (C=N–C) groups is 1. The Kier molecular flexibility index (Phi) is 3.82. The summed E-state index contributed by atoms with van der Waals surface area (Å²) in [6.45, 7) is 6.52. The van der Waals surface area contributed by atoms with E-state index >= 15 is 0 Å². The predicted octanol–water partition coefficient (Wildman–Crippen LogP) is 3.30. The van der Waals surface area contributed by atoms with Crippen LogP contribution in [0.4, 0.5) is 0 Å². The molecule has 0 bridgehead atoms. The highest BCUT2D eigenvalue weighted by Crippen LogP contribution is 2.23. The van der Waals surface area contributed by atoms with Crippen molar-refractivity contribution in [3.63, 3.8) is 0 Å². The summed E-state index contributed by atoms with van der Waals surface area (Å²) >= 11 is 0. The van der Waals surface area contributed by atoms with Crippen LogP contribution in [0.15, 0.2) is 59.4 Å². The molecule has 0 fully saturated rings. The Balaban J connectivity index is 1.88. The van der Waals surface area contributed by atoms with Gasteiger partial charge in [-0.3, -0.25) is 9.78 Å². The summed E-state index contributed by atoms with van der Waals surface area (Å²) in [6.07, 6.45) is 3.47. The normalized spacial score (nSPS) is 16.4. The van der Waals surface area contributed by atoms with Gasteiger partial charge in [-0.25, -0.2) is 4.99 Å². The van der Waals surface area contributed by atoms with Crippen molar-refractivity contribution < 1.29 is 4.79 Å². The Hall–Kier alpha value is -2.75. The number of aromatic nitrogens is 1. The molecule has 4 heteroatoms. The van der Waals surface area contributed by atoms with Gasteiger partial charge in [-0.1, -0.05) is 51.1 Å². The van der Waals surface area contributed by atoms with Crippen LogP contribution < -0.4 is 5.32 Å². The fourth-order valence-corrected chi connectivity index (χ4v) is 2.33. The van der Waals surface area contributed by atoms with Crippen molar-refractivity contribution in [2.45, 2.75) is 26.2 Å². The van der Waals surface area contributed by atoms with Crippen LogP contribution in [-0.4, -0.2) is 16.7 Å². The molecule has 0 aliphatic carbocycles. The second-order valence-corrected chi connectivity index (χ2v) is 6.53. The zero-order chi connectivity index (χ0) is 16.4. The first-order chi connectivity index (χ1) is 10.9. The Morgan fingerprint density at radius 1 is 1.04 bits per heavy atom. The van der Waals surface area contributed by atoms with Crippen LogP contribution in [0.1, 0.15) is 37.6 Å². The van der Waals surface area contributed by atoms with Crippen LogP contribution in [0.2, 0.25) is 0 Å². The monoisotopic (exact) mass is 305 g/mol. The number of nitrogens with one attached hydrogen (secondary N) is 1. The molecule has 4 nitrogen and oxygen atoms in total. The summed E-state index contributed by atoms with van der Waals surface area (Å²) in [5, 5.41) is 2.76. The number of nitrogens with zero attached hydrogens (tertiary/aromatic N) is 2. The van der Waals surface area contributed by atoms with Gasteiger partial charge in [-0.15, -0.1) is 0 Å². The Morgan fingerprint density at radius 3 is 2.39 bits per heavy atom. The van der Waals surface area contributed by atoms with Gasteiger partial charge in [0, 0.05) is 6.20 Å². The van der Waals surface area contributed by atoms with Gasteiger partial charge in [0.15, 0.2) is 5.84 Å². The van der Waals surface area contributed by atoms with E-state index in [-0.39, 0.29) is 11.3 Å². The molecule has 0 unspecified atom stereocenters. The molecule has 1 amide bonds. The molecule has 1 N–H and O–H groups in total. The van der Waals surface area contributed by atoms with Gasteiger partial charge in [-0.05, 0) is 34.8 Å². The Morgan fingerprint density at radius 2 is 1.78 bits per heavy atom. The molecule has 0 atom stereocenters. The highest BCUT2D eigenvalue weighted by atomic mass is 16.2. The molecule has 1 aromatic carbocycles. The fraction of sp³-hybridized carbons (Fsp3) is 0.211. The van der Waals surface area contributed by atoms with Gasteiger partial charge in [0.05, 0.1) is 0 Å². The van der Waals surface area contributed by atoms with Gasteiger partial charge in [0.2, 0.25) is 0 Å². The molecule has 3 rings (SSSR count). The minimum absolute atomic E-state index is 0.112. The maximum absolute atomic E-state index is 12.1. The third kappa shape index (κ3) is 3.37. The molecular weight excluding hydrogens is 286 g/mol. The quantitative estimate of drug-likeness (QED) is 0.866. The van der Waals surface area contributed by atoms with Gasteiger partial charge >= 0.3 is 0 Å². The molecule has 23 heavy (non-hydrogen) atoms. The molecule has 1 aliphatic heterocycles. The van der Waals surface area contributed by atoms with Crippen molar-refractivity contribution in [3.05, 3.63) is 71.2 Å². The van der Waals surface area contributed by atoms with Crippen molar-refractivity contribution in [3.8, 4) is 0 Å². The first-order valence-electron chi connectivity index (χ1n) is 7.57. The number of amidine groups is 1. The van der Waals surface area contributed by atoms with E-state index in [0.29, 0.717) is 17.2 Å².